The normalized spacial score (nSPS) is 11.9. The third-order valence-corrected chi connectivity index (χ3v) is 2.58. The lowest BCUT2D eigenvalue weighted by Gasteiger charge is -2.18. The molecule has 0 saturated heterocycles. The minimum atomic E-state index is -0.435. The number of hydrogen-bond acceptors (Lipinski definition) is 2. The molecule has 0 spiro atoms. The summed E-state index contributed by atoms with van der Waals surface area (Å²) in [7, 11) is 0. The number of rotatable bonds is 0. The van der Waals surface area contributed by atoms with Gasteiger partial charge >= 0.3 is 0 Å². The van der Waals surface area contributed by atoms with Crippen LogP contribution >= 0.6 is 0 Å². The molecule has 1 heterocycles. The molecule has 0 aliphatic carbocycles. The van der Waals surface area contributed by atoms with E-state index >= 15 is 0 Å². The van der Waals surface area contributed by atoms with Crippen LogP contribution in [0.25, 0.3) is 10.9 Å². The predicted octanol–water partition coefficient (Wildman–Crippen LogP) is 2.91. The summed E-state index contributed by atoms with van der Waals surface area (Å²) in [5.74, 6) is 0.521. The topological polar surface area (TPSA) is 48.0 Å². The summed E-state index contributed by atoms with van der Waals surface area (Å²) in [4.78, 5) is 12.2. The molecule has 3 heteroatoms. The maximum absolute atomic E-state index is 12.2. The van der Waals surface area contributed by atoms with Crippen molar-refractivity contribution < 1.29 is 4.79 Å². The summed E-state index contributed by atoms with van der Waals surface area (Å²) < 4.78 is 1.59. The number of carbonyl (C=O) groups is 1. The van der Waals surface area contributed by atoms with E-state index in [0.717, 1.165) is 10.9 Å². The van der Waals surface area contributed by atoms with Crippen molar-refractivity contribution in [1.82, 2.24) is 4.57 Å². The van der Waals surface area contributed by atoms with Crippen molar-refractivity contribution in [3.05, 3.63) is 30.3 Å². The average Bonchev–Trinajstić information content (AvgIpc) is 2.51. The van der Waals surface area contributed by atoms with E-state index in [2.05, 4.69) is 0 Å². The lowest BCUT2D eigenvalue weighted by Crippen LogP contribution is -2.27. The van der Waals surface area contributed by atoms with E-state index in [0.29, 0.717) is 5.82 Å². The molecule has 3 nitrogen and oxygen atoms in total. The minimum absolute atomic E-state index is 0.0196. The molecule has 2 N–H and O–H groups in total. The molecule has 0 saturated carbocycles. The second kappa shape index (κ2) is 3.37. The van der Waals surface area contributed by atoms with Gasteiger partial charge in [0, 0.05) is 10.8 Å². The quantitative estimate of drug-likeness (QED) is 0.736. The molecule has 0 amide bonds. The maximum Gasteiger partial charge on any atom is 0.238 e. The van der Waals surface area contributed by atoms with Crippen LogP contribution in [0.2, 0.25) is 0 Å². The van der Waals surface area contributed by atoms with Crippen molar-refractivity contribution in [2.45, 2.75) is 20.8 Å². The van der Waals surface area contributed by atoms with Crippen molar-refractivity contribution in [1.29, 1.82) is 0 Å². The second-order valence-corrected chi connectivity index (χ2v) is 5.02. The number of nitrogen functional groups attached to an aromatic ring is 1. The van der Waals surface area contributed by atoms with Gasteiger partial charge < -0.3 is 5.73 Å². The molecule has 0 radical (unpaired) electrons. The van der Waals surface area contributed by atoms with Crippen molar-refractivity contribution >= 4 is 22.6 Å². The molecule has 1 aromatic carbocycles. The van der Waals surface area contributed by atoms with Crippen LogP contribution in [0.15, 0.2) is 30.3 Å². The summed E-state index contributed by atoms with van der Waals surface area (Å²) in [6, 6.07) is 9.55. The number of aromatic nitrogens is 1. The first-order valence-corrected chi connectivity index (χ1v) is 5.32. The molecule has 0 aliphatic heterocycles. The van der Waals surface area contributed by atoms with Crippen LogP contribution in [0, 0.1) is 5.41 Å². The van der Waals surface area contributed by atoms with Gasteiger partial charge in [-0.3, -0.25) is 9.36 Å². The molecule has 0 aliphatic rings. The van der Waals surface area contributed by atoms with Gasteiger partial charge in [0.1, 0.15) is 5.82 Å². The van der Waals surface area contributed by atoms with Crippen LogP contribution in [0.1, 0.15) is 25.6 Å². The van der Waals surface area contributed by atoms with Gasteiger partial charge in [-0.05, 0) is 12.1 Å². The summed E-state index contributed by atoms with van der Waals surface area (Å²) in [6.07, 6.45) is 0. The Hall–Kier alpha value is -1.77. The highest BCUT2D eigenvalue weighted by Gasteiger charge is 2.25. The highest BCUT2D eigenvalue weighted by atomic mass is 16.2. The van der Waals surface area contributed by atoms with E-state index < -0.39 is 5.41 Å². The Labute approximate surface area is 94.9 Å². The summed E-state index contributed by atoms with van der Waals surface area (Å²) in [6.45, 7) is 5.68. The van der Waals surface area contributed by atoms with Gasteiger partial charge in [0.2, 0.25) is 5.91 Å². The fourth-order valence-corrected chi connectivity index (χ4v) is 1.74. The fraction of sp³-hybridized carbons (Fsp3) is 0.308. The molecule has 0 atom stereocenters. The largest absolute Gasteiger partial charge is 0.385 e. The van der Waals surface area contributed by atoms with Gasteiger partial charge in [0.25, 0.3) is 0 Å². The zero-order valence-electron chi connectivity index (χ0n) is 9.82. The van der Waals surface area contributed by atoms with Gasteiger partial charge in [-0.1, -0.05) is 39.0 Å². The Morgan fingerprint density at radius 2 is 1.88 bits per heavy atom. The highest BCUT2D eigenvalue weighted by molar-refractivity contribution is 5.98. The van der Waals surface area contributed by atoms with Crippen LogP contribution in [-0.4, -0.2) is 10.5 Å². The van der Waals surface area contributed by atoms with Crippen molar-refractivity contribution in [2.75, 3.05) is 5.73 Å². The second-order valence-electron chi connectivity index (χ2n) is 5.02. The maximum atomic E-state index is 12.2. The number of para-hydroxylation sites is 1. The molecule has 0 bridgehead atoms. The molecule has 2 aromatic rings. The summed E-state index contributed by atoms with van der Waals surface area (Å²) in [5, 5.41) is 0.998. The van der Waals surface area contributed by atoms with Gasteiger partial charge in [-0.15, -0.1) is 0 Å². The van der Waals surface area contributed by atoms with Gasteiger partial charge in [-0.25, -0.2) is 0 Å². The lowest BCUT2D eigenvalue weighted by molar-refractivity contribution is 0.0775. The molecule has 16 heavy (non-hydrogen) atoms. The SMILES string of the molecule is CC(C)(C)C(=O)n1c(N)cc2ccccc21. The zero-order chi connectivity index (χ0) is 11.9. The van der Waals surface area contributed by atoms with Crippen LogP contribution in [0.3, 0.4) is 0 Å². The van der Waals surface area contributed by atoms with Gasteiger partial charge in [0.05, 0.1) is 5.52 Å². The fourth-order valence-electron chi connectivity index (χ4n) is 1.74. The van der Waals surface area contributed by atoms with Gasteiger partial charge in [-0.2, -0.15) is 0 Å². The molecule has 2 rings (SSSR count). The lowest BCUT2D eigenvalue weighted by atomic mass is 9.95. The summed E-state index contributed by atoms with van der Waals surface area (Å²) in [5.41, 5.74) is 6.33. The molecule has 0 unspecified atom stereocenters. The van der Waals surface area contributed by atoms with E-state index in [1.54, 1.807) is 4.57 Å². The van der Waals surface area contributed by atoms with Crippen molar-refractivity contribution in [2.24, 2.45) is 5.41 Å². The molecular weight excluding hydrogens is 200 g/mol. The first-order chi connectivity index (χ1) is 7.41. The number of nitrogens with zero attached hydrogens (tertiary/aromatic N) is 1. The first kappa shape index (κ1) is 10.7. The molecule has 0 fully saturated rings. The smallest absolute Gasteiger partial charge is 0.238 e. The molecular formula is C13H16N2O. The number of anilines is 1. The Morgan fingerprint density at radius 1 is 1.25 bits per heavy atom. The number of carbonyl (C=O) groups excluding carboxylic acids is 1. The van der Waals surface area contributed by atoms with Crippen molar-refractivity contribution in [3.8, 4) is 0 Å². The highest BCUT2D eigenvalue weighted by Crippen LogP contribution is 2.26. The zero-order valence-corrected chi connectivity index (χ0v) is 9.82. The predicted molar refractivity (Wildman–Crippen MR) is 66.4 cm³/mol. The van der Waals surface area contributed by atoms with Crippen LogP contribution in [0.4, 0.5) is 5.82 Å². The third kappa shape index (κ3) is 1.58. The Bertz CT molecular complexity index is 547. The van der Waals surface area contributed by atoms with Crippen molar-refractivity contribution in [3.63, 3.8) is 0 Å². The van der Waals surface area contributed by atoms with Crippen LogP contribution < -0.4 is 5.73 Å². The van der Waals surface area contributed by atoms with E-state index in [1.165, 1.54) is 0 Å². The Balaban J connectivity index is 2.69. The van der Waals surface area contributed by atoms with E-state index in [4.69, 9.17) is 5.73 Å². The van der Waals surface area contributed by atoms with E-state index in [-0.39, 0.29) is 5.91 Å². The number of nitrogens with two attached hydrogens (primary N) is 1. The van der Waals surface area contributed by atoms with Gasteiger partial charge in [0.15, 0.2) is 0 Å². The van der Waals surface area contributed by atoms with E-state index in [1.807, 2.05) is 51.1 Å². The Morgan fingerprint density at radius 3 is 2.50 bits per heavy atom. The molecule has 1 aromatic heterocycles. The standard InChI is InChI=1S/C13H16N2O/c1-13(2,3)12(16)15-10-7-5-4-6-9(10)8-11(15)14/h4-8H,14H2,1-3H3. The Kier molecular flexibility index (Phi) is 2.26. The van der Waals surface area contributed by atoms with Crippen LogP contribution in [0.5, 0.6) is 0 Å². The number of benzene rings is 1. The third-order valence-electron chi connectivity index (χ3n) is 2.58. The summed E-state index contributed by atoms with van der Waals surface area (Å²) >= 11 is 0. The number of fused-ring (bicyclic) bond motifs is 1. The van der Waals surface area contributed by atoms with E-state index in [9.17, 15) is 4.79 Å². The number of hydrogen-bond donors (Lipinski definition) is 1. The molecule has 84 valence electrons. The first-order valence-electron chi connectivity index (χ1n) is 5.32. The van der Waals surface area contributed by atoms with Crippen LogP contribution in [-0.2, 0) is 0 Å². The minimum Gasteiger partial charge on any atom is -0.385 e. The monoisotopic (exact) mass is 216 g/mol. The average molecular weight is 216 g/mol.